The van der Waals surface area contributed by atoms with E-state index in [4.69, 9.17) is 0 Å². The lowest BCUT2D eigenvalue weighted by molar-refractivity contribution is 0.622. The predicted octanol–water partition coefficient (Wildman–Crippen LogP) is 7.73. The summed E-state index contributed by atoms with van der Waals surface area (Å²) in [5, 5.41) is 0. The van der Waals surface area contributed by atoms with Gasteiger partial charge in [0.25, 0.3) is 0 Å². The average Bonchev–Trinajstić information content (AvgIpc) is 2.50. The highest BCUT2D eigenvalue weighted by atomic mass is 19.1. The normalized spacial score (nSPS) is 9.30. The Hall–Kier alpha value is -1.63. The van der Waals surface area contributed by atoms with E-state index < -0.39 is 0 Å². The van der Waals surface area contributed by atoms with Crippen molar-refractivity contribution in [3.63, 3.8) is 0 Å². The molecule has 0 amide bonds. The molecule has 0 radical (unpaired) electrons. The molecule has 0 aliphatic rings. The van der Waals surface area contributed by atoms with Crippen molar-refractivity contribution < 1.29 is 4.39 Å². The van der Waals surface area contributed by atoms with Crippen LogP contribution in [-0.2, 0) is 0 Å². The fourth-order valence-corrected chi connectivity index (χ4v) is 1.94. The zero-order valence-corrected chi connectivity index (χ0v) is 15.2. The lowest BCUT2D eigenvalue weighted by atomic mass is 10.0. The highest BCUT2D eigenvalue weighted by Gasteiger charge is 2.01. The number of rotatable bonds is 2. The molecule has 0 aromatic heterocycles. The second-order valence-corrected chi connectivity index (χ2v) is 5.78. The van der Waals surface area contributed by atoms with E-state index in [0.717, 1.165) is 11.1 Å². The SMILES string of the molecule is C.CC.CC(C)c1ccccc1.Cc1cc(F)cc(C(C)C)c1. The molecular weight excluding hydrogens is 283 g/mol. The molecule has 0 N–H and O–H groups in total. The van der Waals surface area contributed by atoms with Gasteiger partial charge in [0.2, 0.25) is 0 Å². The molecule has 0 bridgehead atoms. The molecule has 0 heterocycles. The summed E-state index contributed by atoms with van der Waals surface area (Å²) in [6.07, 6.45) is 0. The van der Waals surface area contributed by atoms with Crippen LogP contribution in [0.1, 0.15) is 77.5 Å². The number of aryl methyl sites for hydroxylation is 1. The Morgan fingerprint density at radius 2 is 1.22 bits per heavy atom. The van der Waals surface area contributed by atoms with Crippen LogP contribution in [0.2, 0.25) is 0 Å². The molecular formula is C22H35F. The molecule has 0 saturated heterocycles. The van der Waals surface area contributed by atoms with Gasteiger partial charge in [0.15, 0.2) is 0 Å². The zero-order chi connectivity index (χ0) is 17.1. The van der Waals surface area contributed by atoms with Crippen molar-refractivity contribution in [2.75, 3.05) is 0 Å². The molecule has 0 aliphatic heterocycles. The van der Waals surface area contributed by atoms with Crippen LogP contribution in [0.15, 0.2) is 48.5 Å². The fraction of sp³-hybridized carbons (Fsp3) is 0.455. The van der Waals surface area contributed by atoms with Crippen molar-refractivity contribution in [2.24, 2.45) is 0 Å². The van der Waals surface area contributed by atoms with Gasteiger partial charge in [-0.15, -0.1) is 0 Å². The van der Waals surface area contributed by atoms with E-state index >= 15 is 0 Å². The molecule has 2 aromatic rings. The molecule has 0 nitrogen and oxygen atoms in total. The first-order valence-electron chi connectivity index (χ1n) is 8.22. The van der Waals surface area contributed by atoms with Gasteiger partial charge in [-0.05, 0) is 47.6 Å². The maximum atomic E-state index is 12.8. The third kappa shape index (κ3) is 9.89. The van der Waals surface area contributed by atoms with Crippen molar-refractivity contribution in [1.29, 1.82) is 0 Å². The summed E-state index contributed by atoms with van der Waals surface area (Å²) in [6, 6.07) is 15.7. The summed E-state index contributed by atoms with van der Waals surface area (Å²) in [7, 11) is 0. The van der Waals surface area contributed by atoms with Gasteiger partial charge < -0.3 is 0 Å². The maximum absolute atomic E-state index is 12.8. The molecule has 0 spiro atoms. The molecule has 2 rings (SSSR count). The minimum Gasteiger partial charge on any atom is -0.207 e. The second kappa shape index (κ2) is 12.9. The van der Waals surface area contributed by atoms with Gasteiger partial charge >= 0.3 is 0 Å². The third-order valence-electron chi connectivity index (χ3n) is 3.20. The van der Waals surface area contributed by atoms with Crippen LogP contribution in [0, 0.1) is 12.7 Å². The van der Waals surface area contributed by atoms with Gasteiger partial charge in [0.05, 0.1) is 0 Å². The molecule has 1 heteroatoms. The van der Waals surface area contributed by atoms with Crippen LogP contribution in [0.4, 0.5) is 4.39 Å². The van der Waals surface area contributed by atoms with E-state index in [-0.39, 0.29) is 13.2 Å². The highest BCUT2D eigenvalue weighted by Crippen LogP contribution is 2.17. The predicted molar refractivity (Wildman–Crippen MR) is 104 cm³/mol. The Labute approximate surface area is 143 Å². The minimum absolute atomic E-state index is 0. The van der Waals surface area contributed by atoms with Crippen LogP contribution in [0.5, 0.6) is 0 Å². The van der Waals surface area contributed by atoms with E-state index in [9.17, 15) is 4.39 Å². The molecule has 0 saturated carbocycles. The first kappa shape index (κ1) is 23.6. The van der Waals surface area contributed by atoms with E-state index in [1.54, 1.807) is 12.1 Å². The Morgan fingerprint density at radius 3 is 1.57 bits per heavy atom. The standard InChI is InChI=1S/C10H13F.C9H12.C2H6.CH4/c1-7(2)9-4-8(3)5-10(11)6-9;1-8(2)9-6-4-3-5-7-9;1-2;/h4-7H,1-3H3;3-8H,1-2H3;1-2H3;1H4. The van der Waals surface area contributed by atoms with E-state index in [1.165, 1.54) is 5.56 Å². The van der Waals surface area contributed by atoms with Crippen molar-refractivity contribution in [1.82, 2.24) is 0 Å². The molecule has 0 fully saturated rings. The van der Waals surface area contributed by atoms with Crippen LogP contribution in [-0.4, -0.2) is 0 Å². The van der Waals surface area contributed by atoms with Gasteiger partial charge in [-0.3, -0.25) is 0 Å². The lowest BCUT2D eigenvalue weighted by Crippen LogP contribution is -1.89. The van der Waals surface area contributed by atoms with Crippen molar-refractivity contribution >= 4 is 0 Å². The van der Waals surface area contributed by atoms with E-state index in [2.05, 4.69) is 52.0 Å². The number of hydrogen-bond donors (Lipinski definition) is 0. The van der Waals surface area contributed by atoms with Crippen molar-refractivity contribution in [3.05, 3.63) is 71.0 Å². The van der Waals surface area contributed by atoms with Gasteiger partial charge in [-0.2, -0.15) is 0 Å². The average molecular weight is 319 g/mol. The quantitative estimate of drug-likeness (QED) is 0.531. The first-order valence-corrected chi connectivity index (χ1v) is 8.22. The van der Waals surface area contributed by atoms with Gasteiger partial charge in [-0.1, -0.05) is 85.4 Å². The Morgan fingerprint density at radius 1 is 0.739 bits per heavy atom. The Bertz CT molecular complexity index is 493. The maximum Gasteiger partial charge on any atom is 0.123 e. The number of halogens is 1. The minimum atomic E-state index is -0.131. The van der Waals surface area contributed by atoms with Crippen LogP contribution >= 0.6 is 0 Å². The summed E-state index contributed by atoms with van der Waals surface area (Å²) in [4.78, 5) is 0. The molecule has 130 valence electrons. The molecule has 0 aliphatic carbocycles. The van der Waals surface area contributed by atoms with Gasteiger partial charge in [-0.25, -0.2) is 4.39 Å². The Kier molecular flexibility index (Phi) is 13.2. The van der Waals surface area contributed by atoms with Crippen molar-refractivity contribution in [3.8, 4) is 0 Å². The largest absolute Gasteiger partial charge is 0.207 e. The molecule has 23 heavy (non-hydrogen) atoms. The highest BCUT2D eigenvalue weighted by molar-refractivity contribution is 5.25. The van der Waals surface area contributed by atoms with E-state index in [0.29, 0.717) is 11.8 Å². The number of hydrogen-bond acceptors (Lipinski definition) is 0. The van der Waals surface area contributed by atoms with Crippen LogP contribution in [0.25, 0.3) is 0 Å². The lowest BCUT2D eigenvalue weighted by Gasteiger charge is -2.05. The molecule has 0 atom stereocenters. The number of benzene rings is 2. The monoisotopic (exact) mass is 318 g/mol. The van der Waals surface area contributed by atoms with Gasteiger partial charge in [0.1, 0.15) is 5.82 Å². The Balaban J connectivity index is 0. The van der Waals surface area contributed by atoms with Crippen LogP contribution in [0.3, 0.4) is 0 Å². The molecule has 0 unspecified atom stereocenters. The topological polar surface area (TPSA) is 0 Å². The summed E-state index contributed by atoms with van der Waals surface area (Å²) in [5.74, 6) is 0.935. The van der Waals surface area contributed by atoms with Crippen molar-refractivity contribution in [2.45, 2.75) is 67.7 Å². The summed E-state index contributed by atoms with van der Waals surface area (Å²) in [6.45, 7) is 14.4. The second-order valence-electron chi connectivity index (χ2n) is 5.78. The fourth-order valence-electron chi connectivity index (χ4n) is 1.94. The molecule has 2 aromatic carbocycles. The van der Waals surface area contributed by atoms with Gasteiger partial charge in [0, 0.05) is 0 Å². The summed E-state index contributed by atoms with van der Waals surface area (Å²) < 4.78 is 12.8. The van der Waals surface area contributed by atoms with E-state index in [1.807, 2.05) is 32.9 Å². The summed E-state index contributed by atoms with van der Waals surface area (Å²) in [5.41, 5.74) is 3.48. The van der Waals surface area contributed by atoms with Crippen LogP contribution < -0.4 is 0 Å². The summed E-state index contributed by atoms with van der Waals surface area (Å²) >= 11 is 0. The zero-order valence-electron chi connectivity index (χ0n) is 15.2. The third-order valence-corrected chi connectivity index (χ3v) is 3.20. The smallest absolute Gasteiger partial charge is 0.123 e. The first-order chi connectivity index (χ1) is 10.4.